The summed E-state index contributed by atoms with van der Waals surface area (Å²) in [6, 6.07) is 8.85. The monoisotopic (exact) mass is 638 g/mol. The molecular formula is C37H42N4O6. The van der Waals surface area contributed by atoms with Crippen molar-refractivity contribution < 1.29 is 30.0 Å². The highest BCUT2D eigenvalue weighted by atomic mass is 16.5. The number of hydrogen-bond donors (Lipinski definition) is 5. The molecule has 246 valence electrons. The van der Waals surface area contributed by atoms with Gasteiger partial charge in [0.15, 0.2) is 17.7 Å². The summed E-state index contributed by atoms with van der Waals surface area (Å²) in [6.07, 6.45) is 5.83. The minimum absolute atomic E-state index is 0.00645. The Bertz CT molecular complexity index is 1720. The van der Waals surface area contributed by atoms with E-state index in [-0.39, 0.29) is 43.0 Å². The van der Waals surface area contributed by atoms with Gasteiger partial charge in [0.2, 0.25) is 0 Å². The summed E-state index contributed by atoms with van der Waals surface area (Å²) < 4.78 is 6.39. The lowest BCUT2D eigenvalue weighted by molar-refractivity contribution is -0.121. The molecular weight excluding hydrogens is 596 g/mol. The minimum Gasteiger partial charge on any atom is -0.504 e. The van der Waals surface area contributed by atoms with Gasteiger partial charge in [0.05, 0.1) is 24.3 Å². The van der Waals surface area contributed by atoms with Crippen LogP contribution in [0.2, 0.25) is 0 Å². The number of nitrogens with zero attached hydrogens (tertiary/aromatic N) is 3. The maximum Gasteiger partial charge on any atom is 0.183 e. The lowest BCUT2D eigenvalue weighted by atomic mass is 9.85. The highest BCUT2D eigenvalue weighted by molar-refractivity contribution is 5.88. The molecule has 0 spiro atoms. The molecule has 0 saturated carbocycles. The third-order valence-corrected chi connectivity index (χ3v) is 9.23. The van der Waals surface area contributed by atoms with Gasteiger partial charge >= 0.3 is 0 Å². The summed E-state index contributed by atoms with van der Waals surface area (Å²) in [6.45, 7) is 2.51. The number of aliphatic imine (C=N–C) groups is 2. The summed E-state index contributed by atoms with van der Waals surface area (Å²) in [5, 5.41) is 42.1. The van der Waals surface area contributed by atoms with Crippen LogP contribution >= 0.6 is 0 Å². The second kappa shape index (κ2) is 14.2. The molecule has 4 aliphatic heterocycles. The van der Waals surface area contributed by atoms with Crippen LogP contribution in [0.1, 0.15) is 85.5 Å². The Hall–Kier alpha value is -4.27. The number of rotatable bonds is 11. The summed E-state index contributed by atoms with van der Waals surface area (Å²) in [5.74, 6) is 6.27. The highest BCUT2D eigenvalue weighted by Crippen LogP contribution is 2.38. The van der Waals surface area contributed by atoms with E-state index in [0.717, 1.165) is 51.1 Å². The number of carbonyl (C=O) groups excluding carboxylic acids is 1. The van der Waals surface area contributed by atoms with Crippen LogP contribution in [0, 0.1) is 11.8 Å². The maximum absolute atomic E-state index is 12.6. The number of aliphatic hydroxyl groups excluding tert-OH is 3. The zero-order valence-corrected chi connectivity index (χ0v) is 26.6. The second-order valence-electron chi connectivity index (χ2n) is 12.7. The lowest BCUT2D eigenvalue weighted by Gasteiger charge is -2.28. The molecule has 0 radical (unpaired) electrons. The van der Waals surface area contributed by atoms with Crippen LogP contribution in [0.5, 0.6) is 11.5 Å². The largest absolute Gasteiger partial charge is 0.504 e. The second-order valence-corrected chi connectivity index (χ2v) is 12.7. The number of aromatic hydroxyl groups is 1. The van der Waals surface area contributed by atoms with Crippen molar-refractivity contribution >= 4 is 18.2 Å². The first kappa shape index (κ1) is 32.7. The van der Waals surface area contributed by atoms with Gasteiger partial charge in [0.1, 0.15) is 18.1 Å². The van der Waals surface area contributed by atoms with E-state index in [1.807, 2.05) is 42.6 Å². The normalized spacial score (nSPS) is 22.4. The molecule has 6 rings (SSSR count). The fourth-order valence-corrected chi connectivity index (χ4v) is 6.72. The van der Waals surface area contributed by atoms with Crippen LogP contribution in [0.4, 0.5) is 0 Å². The summed E-state index contributed by atoms with van der Waals surface area (Å²) >= 11 is 0. The molecule has 2 aromatic carbocycles. The molecule has 5 atom stereocenters. The van der Waals surface area contributed by atoms with E-state index < -0.39 is 30.7 Å². The van der Waals surface area contributed by atoms with E-state index >= 15 is 0 Å². The predicted octanol–water partition coefficient (Wildman–Crippen LogP) is 3.71. The molecule has 0 saturated heterocycles. The number of phenols is 1. The van der Waals surface area contributed by atoms with Gasteiger partial charge in [-0.1, -0.05) is 43.4 Å². The molecule has 0 aliphatic carbocycles. The standard InChI is InChI=1S/C37H42N4O6/c1-2-4-24(42)17-26(44)18-25(43)9-7-22-8-12-34(46)35(15-22)47-36-6-3-5-33(45)28-10-11-29-27(13-14-39-37(29)38)30(28)16-23-19-40-32-21-41(36)20-31(23)32/h8,10-12,14-15,19,21,24,26,33,36-37,42,44-46H,2,4,6-7,9,13,16-18,20,38H2,1H3/t24-,26+,33-,36+,37-/m0/s1. The van der Waals surface area contributed by atoms with Crippen molar-refractivity contribution in [1.82, 2.24) is 4.90 Å². The Morgan fingerprint density at radius 3 is 2.83 bits per heavy atom. The van der Waals surface area contributed by atoms with Gasteiger partial charge in [-0.2, -0.15) is 0 Å². The number of allylic oxidation sites excluding steroid dienone is 1. The van der Waals surface area contributed by atoms with Crippen LogP contribution in [0.15, 0.2) is 63.4 Å². The fraction of sp³-hybridized carbons (Fsp3) is 0.432. The zero-order chi connectivity index (χ0) is 33.1. The van der Waals surface area contributed by atoms with Gasteiger partial charge < -0.3 is 35.8 Å². The smallest absolute Gasteiger partial charge is 0.183 e. The van der Waals surface area contributed by atoms with Crippen molar-refractivity contribution in [2.45, 2.75) is 95.4 Å². The molecule has 10 nitrogen and oxygen atoms in total. The molecule has 6 N–H and O–H groups in total. The van der Waals surface area contributed by atoms with Gasteiger partial charge in [-0.3, -0.25) is 14.8 Å². The van der Waals surface area contributed by atoms with Crippen molar-refractivity contribution in [1.29, 1.82) is 0 Å². The van der Waals surface area contributed by atoms with Crippen LogP contribution in [-0.4, -0.2) is 68.5 Å². The van der Waals surface area contributed by atoms with E-state index in [1.165, 1.54) is 0 Å². The third-order valence-electron chi connectivity index (χ3n) is 9.23. The zero-order valence-electron chi connectivity index (χ0n) is 26.6. The first-order valence-electron chi connectivity index (χ1n) is 16.4. The average molecular weight is 639 g/mol. The molecule has 4 aliphatic rings. The third kappa shape index (κ3) is 7.34. The molecule has 47 heavy (non-hydrogen) atoms. The van der Waals surface area contributed by atoms with Crippen molar-refractivity contribution in [2.75, 3.05) is 6.54 Å². The van der Waals surface area contributed by atoms with Gasteiger partial charge in [-0.05, 0) is 64.8 Å². The van der Waals surface area contributed by atoms with Gasteiger partial charge in [0, 0.05) is 56.4 Å². The lowest BCUT2D eigenvalue weighted by Crippen LogP contribution is -2.35. The average Bonchev–Trinajstić information content (AvgIpc) is 3.62. The Morgan fingerprint density at radius 1 is 1.17 bits per heavy atom. The Morgan fingerprint density at radius 2 is 2.00 bits per heavy atom. The molecule has 0 unspecified atom stereocenters. The fourth-order valence-electron chi connectivity index (χ4n) is 6.72. The number of phenolic OH excluding ortho intramolecular Hbond substituents is 1. The first-order valence-corrected chi connectivity index (χ1v) is 16.4. The molecule has 0 aromatic heterocycles. The number of carbonyl (C=O) groups is 1. The number of benzene rings is 2. The van der Waals surface area contributed by atoms with Crippen LogP contribution in [0.25, 0.3) is 0 Å². The van der Waals surface area contributed by atoms with Crippen molar-refractivity contribution in [3.8, 4) is 23.3 Å². The molecule has 0 fully saturated rings. The van der Waals surface area contributed by atoms with Crippen molar-refractivity contribution in [3.05, 3.63) is 81.2 Å². The number of ether oxygens (including phenoxy) is 1. The van der Waals surface area contributed by atoms with E-state index in [4.69, 9.17) is 10.5 Å². The number of aliphatic hydroxyl groups is 3. The first-order chi connectivity index (χ1) is 22.7. The van der Waals surface area contributed by atoms with Crippen LogP contribution in [-0.2, 0) is 24.1 Å². The number of ketones is 1. The summed E-state index contributed by atoms with van der Waals surface area (Å²) in [5.41, 5.74) is 13.9. The minimum atomic E-state index is -1.02. The Labute approximate surface area is 275 Å². The number of hydrogen-bond acceptors (Lipinski definition) is 10. The number of aryl methyl sites for hydroxylation is 1. The van der Waals surface area contributed by atoms with Crippen LogP contribution in [0.3, 0.4) is 0 Å². The maximum atomic E-state index is 12.6. The molecule has 10 heteroatoms. The van der Waals surface area contributed by atoms with E-state index in [9.17, 15) is 25.2 Å². The predicted molar refractivity (Wildman–Crippen MR) is 179 cm³/mol. The van der Waals surface area contributed by atoms with E-state index in [0.29, 0.717) is 32.2 Å². The summed E-state index contributed by atoms with van der Waals surface area (Å²) in [4.78, 5) is 23.6. The van der Waals surface area contributed by atoms with Crippen LogP contribution < -0.4 is 10.5 Å². The topological polar surface area (TPSA) is 161 Å². The molecule has 2 aromatic rings. The van der Waals surface area contributed by atoms with Crippen molar-refractivity contribution in [2.24, 2.45) is 15.7 Å². The van der Waals surface area contributed by atoms with E-state index in [2.05, 4.69) is 21.8 Å². The summed E-state index contributed by atoms with van der Waals surface area (Å²) in [7, 11) is 0. The highest BCUT2D eigenvalue weighted by Gasteiger charge is 2.32. The molecule has 4 heterocycles. The van der Waals surface area contributed by atoms with Gasteiger partial charge in [-0.15, -0.1) is 0 Å². The number of fused-ring (bicyclic) bond motifs is 4. The molecule has 0 amide bonds. The number of Topliss-reactive ketones (excluding diaryl/α,β-unsaturated/α-hetero) is 1. The van der Waals surface area contributed by atoms with E-state index in [1.54, 1.807) is 18.2 Å². The Balaban J connectivity index is 1.20. The van der Waals surface area contributed by atoms with Gasteiger partial charge in [-0.25, -0.2) is 0 Å². The number of nitrogens with two attached hydrogens (primary N) is 1. The van der Waals surface area contributed by atoms with Gasteiger partial charge in [0.25, 0.3) is 0 Å². The Kier molecular flexibility index (Phi) is 9.89. The molecule has 2 bridgehead atoms. The van der Waals surface area contributed by atoms with Crippen molar-refractivity contribution in [3.63, 3.8) is 0 Å². The SMILES string of the molecule is CCC[C@H](O)C[C@@H](O)CC(=O)CCc1ccc(O)c(O[C@@H]2CC#C[C@H](O)c3ccc4c(c3CC3=C5CN2C=C5N=C3)CC=N[C@@H]4N)c1. The quantitative estimate of drug-likeness (QED) is 0.233.